The van der Waals surface area contributed by atoms with Gasteiger partial charge in [0.1, 0.15) is 0 Å². The SMILES string of the molecule is COc1cc(C(=O)N2CC(c3ccccc3Cl)c3c([nH]c4ccccc34)C2C)nn1C. The molecular weight excluding hydrogens is 412 g/mol. The van der Waals surface area contributed by atoms with E-state index in [1.165, 1.54) is 10.9 Å². The van der Waals surface area contributed by atoms with Crippen LogP contribution in [0.4, 0.5) is 0 Å². The lowest BCUT2D eigenvalue weighted by Gasteiger charge is -2.38. The molecule has 1 N–H and O–H groups in total. The third-order valence-electron chi connectivity index (χ3n) is 6.20. The van der Waals surface area contributed by atoms with Crippen LogP contribution in [-0.2, 0) is 7.05 Å². The number of hydrogen-bond acceptors (Lipinski definition) is 3. The third-order valence-corrected chi connectivity index (χ3v) is 6.54. The first-order chi connectivity index (χ1) is 15.0. The Bertz CT molecular complexity index is 1290. The maximum atomic E-state index is 13.5. The Balaban J connectivity index is 1.66. The lowest BCUT2D eigenvalue weighted by molar-refractivity contribution is 0.0655. The number of amides is 1. The highest BCUT2D eigenvalue weighted by Gasteiger charge is 2.38. The van der Waals surface area contributed by atoms with Crippen molar-refractivity contribution in [1.29, 1.82) is 0 Å². The number of hydrogen-bond donors (Lipinski definition) is 1. The average molecular weight is 435 g/mol. The molecule has 0 radical (unpaired) electrons. The largest absolute Gasteiger partial charge is 0.481 e. The van der Waals surface area contributed by atoms with Crippen LogP contribution in [0.25, 0.3) is 10.9 Å². The van der Waals surface area contributed by atoms with Crippen molar-refractivity contribution < 1.29 is 9.53 Å². The normalized spacial score (nSPS) is 18.3. The van der Waals surface area contributed by atoms with E-state index in [-0.39, 0.29) is 17.9 Å². The Labute approximate surface area is 185 Å². The summed E-state index contributed by atoms with van der Waals surface area (Å²) in [5, 5.41) is 6.24. The molecule has 1 aliphatic rings. The molecule has 3 heterocycles. The van der Waals surface area contributed by atoms with Gasteiger partial charge in [0.15, 0.2) is 5.69 Å². The van der Waals surface area contributed by atoms with Crippen LogP contribution in [0.2, 0.25) is 5.02 Å². The van der Waals surface area contributed by atoms with Crippen molar-refractivity contribution in [3.05, 3.63) is 82.1 Å². The number of fused-ring (bicyclic) bond motifs is 3. The first-order valence-corrected chi connectivity index (χ1v) is 10.6. The number of rotatable bonds is 3. The van der Waals surface area contributed by atoms with Gasteiger partial charge in [-0.2, -0.15) is 5.10 Å². The second kappa shape index (κ2) is 7.46. The van der Waals surface area contributed by atoms with Gasteiger partial charge in [-0.3, -0.25) is 4.79 Å². The summed E-state index contributed by atoms with van der Waals surface area (Å²) in [6.07, 6.45) is 0. The second-order valence-corrected chi connectivity index (χ2v) is 8.31. The summed E-state index contributed by atoms with van der Waals surface area (Å²) in [7, 11) is 3.33. The zero-order valence-electron chi connectivity index (χ0n) is 17.6. The van der Waals surface area contributed by atoms with Crippen molar-refractivity contribution in [3.63, 3.8) is 0 Å². The van der Waals surface area contributed by atoms with Gasteiger partial charge in [0.2, 0.25) is 5.88 Å². The molecule has 0 aliphatic carbocycles. The highest BCUT2D eigenvalue weighted by Crippen LogP contribution is 2.44. The van der Waals surface area contributed by atoms with Crippen molar-refractivity contribution in [2.45, 2.75) is 18.9 Å². The van der Waals surface area contributed by atoms with Crippen LogP contribution in [0.3, 0.4) is 0 Å². The van der Waals surface area contributed by atoms with E-state index in [0.717, 1.165) is 16.8 Å². The lowest BCUT2D eigenvalue weighted by Crippen LogP contribution is -2.41. The molecule has 2 atom stereocenters. The molecule has 0 bridgehead atoms. The Kier molecular flexibility index (Phi) is 4.74. The Hall–Kier alpha value is -3.25. The van der Waals surface area contributed by atoms with Crippen LogP contribution in [0.15, 0.2) is 54.6 Å². The number of H-pyrrole nitrogens is 1. The minimum Gasteiger partial charge on any atom is -0.481 e. The highest BCUT2D eigenvalue weighted by atomic mass is 35.5. The van der Waals surface area contributed by atoms with E-state index in [4.69, 9.17) is 16.3 Å². The van der Waals surface area contributed by atoms with E-state index in [0.29, 0.717) is 23.1 Å². The number of halogens is 1. The number of nitrogens with one attached hydrogen (secondary N) is 1. The number of aryl methyl sites for hydroxylation is 1. The summed E-state index contributed by atoms with van der Waals surface area (Å²) in [5.41, 5.74) is 4.68. The number of para-hydroxylation sites is 1. The highest BCUT2D eigenvalue weighted by molar-refractivity contribution is 6.31. The summed E-state index contributed by atoms with van der Waals surface area (Å²) in [6, 6.07) is 17.7. The molecule has 7 heteroatoms. The summed E-state index contributed by atoms with van der Waals surface area (Å²) in [6.45, 7) is 2.56. The molecule has 1 aliphatic heterocycles. The predicted molar refractivity (Wildman–Crippen MR) is 121 cm³/mol. The number of aromatic nitrogens is 3. The first-order valence-electron chi connectivity index (χ1n) is 10.2. The van der Waals surface area contributed by atoms with Gasteiger partial charge in [-0.15, -0.1) is 0 Å². The summed E-state index contributed by atoms with van der Waals surface area (Å²) >= 11 is 6.62. The molecule has 4 aromatic rings. The summed E-state index contributed by atoms with van der Waals surface area (Å²) < 4.78 is 6.87. The van der Waals surface area contributed by atoms with Gasteiger partial charge in [0.25, 0.3) is 5.91 Å². The number of nitrogens with zero attached hydrogens (tertiary/aromatic N) is 3. The fraction of sp³-hybridized carbons (Fsp3) is 0.250. The van der Waals surface area contributed by atoms with E-state index >= 15 is 0 Å². The van der Waals surface area contributed by atoms with E-state index < -0.39 is 0 Å². The molecule has 2 aromatic carbocycles. The Morgan fingerprint density at radius 3 is 2.68 bits per heavy atom. The van der Waals surface area contributed by atoms with Crippen molar-refractivity contribution in [1.82, 2.24) is 19.7 Å². The van der Waals surface area contributed by atoms with Crippen LogP contribution in [0.5, 0.6) is 5.88 Å². The van der Waals surface area contributed by atoms with E-state index in [9.17, 15) is 4.79 Å². The summed E-state index contributed by atoms with van der Waals surface area (Å²) in [4.78, 5) is 19.0. The molecular formula is C24H23ClN4O2. The molecule has 2 aromatic heterocycles. The Morgan fingerprint density at radius 2 is 1.94 bits per heavy atom. The van der Waals surface area contributed by atoms with Crippen molar-refractivity contribution in [2.24, 2.45) is 7.05 Å². The van der Waals surface area contributed by atoms with Crippen molar-refractivity contribution in [3.8, 4) is 5.88 Å². The quantitative estimate of drug-likeness (QED) is 0.498. The monoisotopic (exact) mass is 434 g/mol. The molecule has 158 valence electrons. The Morgan fingerprint density at radius 1 is 1.19 bits per heavy atom. The van der Waals surface area contributed by atoms with Gasteiger partial charge in [-0.05, 0) is 30.2 Å². The minimum absolute atomic E-state index is 0.0504. The van der Waals surface area contributed by atoms with E-state index in [1.807, 2.05) is 41.3 Å². The number of carbonyl (C=O) groups is 1. The van der Waals surface area contributed by atoms with Crippen molar-refractivity contribution >= 4 is 28.4 Å². The van der Waals surface area contributed by atoms with Gasteiger partial charge in [-0.1, -0.05) is 48.0 Å². The zero-order valence-corrected chi connectivity index (χ0v) is 18.3. The molecule has 5 rings (SSSR count). The number of aromatic amines is 1. The first kappa shape index (κ1) is 19.7. The van der Waals surface area contributed by atoms with Gasteiger partial charge in [-0.25, -0.2) is 4.68 Å². The van der Waals surface area contributed by atoms with E-state index in [1.54, 1.807) is 24.9 Å². The predicted octanol–water partition coefficient (Wildman–Crippen LogP) is 4.91. The van der Waals surface area contributed by atoms with Gasteiger partial charge < -0.3 is 14.6 Å². The molecule has 2 unspecified atom stereocenters. The standard InChI is InChI=1S/C24H23ClN4O2/c1-14-23-22(16-9-5-7-11-19(16)26-23)17(15-8-4-6-10-18(15)25)13-29(14)24(30)20-12-21(31-3)28(2)27-20/h4-12,14,17,26H,13H2,1-3H3. The molecule has 0 saturated heterocycles. The second-order valence-electron chi connectivity index (χ2n) is 7.90. The maximum Gasteiger partial charge on any atom is 0.275 e. The number of ether oxygens (including phenoxy) is 1. The van der Waals surface area contributed by atoms with Gasteiger partial charge in [0.05, 0.1) is 13.2 Å². The molecule has 31 heavy (non-hydrogen) atoms. The number of benzene rings is 2. The van der Waals surface area contributed by atoms with Crippen LogP contribution < -0.4 is 4.74 Å². The van der Waals surface area contributed by atoms with Crippen LogP contribution in [0.1, 0.15) is 46.2 Å². The van der Waals surface area contributed by atoms with Crippen molar-refractivity contribution in [2.75, 3.05) is 13.7 Å². The van der Waals surface area contributed by atoms with Gasteiger partial charge in [0, 0.05) is 47.2 Å². The molecule has 0 fully saturated rings. The molecule has 6 nitrogen and oxygen atoms in total. The number of methoxy groups -OCH3 is 1. The number of carbonyl (C=O) groups excluding carboxylic acids is 1. The molecule has 0 spiro atoms. The third kappa shape index (κ3) is 3.10. The smallest absolute Gasteiger partial charge is 0.275 e. The fourth-order valence-electron chi connectivity index (χ4n) is 4.65. The van der Waals surface area contributed by atoms with E-state index in [2.05, 4.69) is 29.1 Å². The zero-order chi connectivity index (χ0) is 21.7. The van der Waals surface area contributed by atoms with Crippen LogP contribution in [0, 0.1) is 0 Å². The minimum atomic E-state index is -0.137. The lowest BCUT2D eigenvalue weighted by atomic mass is 9.83. The topological polar surface area (TPSA) is 63.1 Å². The molecule has 1 amide bonds. The van der Waals surface area contributed by atoms with Crippen LogP contribution >= 0.6 is 11.6 Å². The summed E-state index contributed by atoms with van der Waals surface area (Å²) in [5.74, 6) is 0.361. The van der Waals surface area contributed by atoms with Gasteiger partial charge >= 0.3 is 0 Å². The van der Waals surface area contributed by atoms with Crippen LogP contribution in [-0.4, -0.2) is 39.2 Å². The maximum absolute atomic E-state index is 13.5. The average Bonchev–Trinajstić information content (AvgIpc) is 3.35. The molecule has 0 saturated carbocycles. The fourth-order valence-corrected chi connectivity index (χ4v) is 4.92.